The number of aromatic nitrogens is 2. The number of carbonyl (C=O) groups is 1. The smallest absolute Gasteiger partial charge is 0.412 e. The molecule has 18 heavy (non-hydrogen) atoms. The van der Waals surface area contributed by atoms with Gasteiger partial charge in [-0.15, -0.1) is 4.91 Å². The summed E-state index contributed by atoms with van der Waals surface area (Å²) in [6.45, 7) is 1.75. The summed E-state index contributed by atoms with van der Waals surface area (Å²) in [5.74, 6) is -0.502. The van der Waals surface area contributed by atoms with Crippen molar-refractivity contribution in [2.24, 2.45) is 5.18 Å². The molecule has 1 unspecified atom stereocenters. The molecular weight excluding hydrogens is 262 g/mol. The molecule has 0 spiro atoms. The molecule has 1 aromatic rings. The Morgan fingerprint density at radius 2 is 2.22 bits per heavy atom. The van der Waals surface area contributed by atoms with Crippen molar-refractivity contribution in [3.05, 3.63) is 4.91 Å². The number of rotatable bonds is 4. The molecule has 0 aliphatic heterocycles. The van der Waals surface area contributed by atoms with Crippen molar-refractivity contribution in [3.8, 4) is 0 Å². The zero-order chi connectivity index (χ0) is 13.7. The first-order chi connectivity index (χ1) is 8.49. The summed E-state index contributed by atoms with van der Waals surface area (Å²) in [5.41, 5.74) is 5.11. The number of hydrogen-bond acceptors (Lipinski definition) is 8. The van der Waals surface area contributed by atoms with Crippen LogP contribution in [-0.4, -0.2) is 33.1 Å². The number of nitrogens with two attached hydrogens (primary N) is 1. The highest BCUT2D eigenvalue weighted by Crippen LogP contribution is 2.28. The maximum Gasteiger partial charge on any atom is 0.412 e. The van der Waals surface area contributed by atoms with Crippen LogP contribution >= 0.6 is 0 Å². The van der Waals surface area contributed by atoms with Crippen LogP contribution < -0.4 is 11.1 Å². The summed E-state index contributed by atoms with van der Waals surface area (Å²) in [5, 5.41) is 4.67. The SMILES string of the molecule is CCOC(=O)Nc1nc(S(C)=O)nc(N)c1N=O. The van der Waals surface area contributed by atoms with E-state index in [1.54, 1.807) is 6.92 Å². The first kappa shape index (κ1) is 14.0. The maximum atomic E-state index is 11.2. The maximum absolute atomic E-state index is 11.2. The van der Waals surface area contributed by atoms with E-state index in [2.05, 4.69) is 25.2 Å². The van der Waals surface area contributed by atoms with Crippen molar-refractivity contribution >= 4 is 34.2 Å². The van der Waals surface area contributed by atoms with Gasteiger partial charge in [0.1, 0.15) is 0 Å². The predicted molar refractivity (Wildman–Crippen MR) is 64.9 cm³/mol. The Kier molecular flexibility index (Phi) is 4.66. The number of ether oxygens (including phenoxy) is 1. The topological polar surface area (TPSA) is 137 Å². The molecule has 0 radical (unpaired) electrons. The van der Waals surface area contributed by atoms with Crippen LogP contribution in [0.5, 0.6) is 0 Å². The average molecular weight is 273 g/mol. The third-order valence-electron chi connectivity index (χ3n) is 1.73. The number of amides is 1. The third-order valence-corrected chi connectivity index (χ3v) is 2.43. The summed E-state index contributed by atoms with van der Waals surface area (Å²) in [7, 11) is -1.52. The fourth-order valence-electron chi connectivity index (χ4n) is 1.02. The van der Waals surface area contributed by atoms with Gasteiger partial charge in [0.15, 0.2) is 17.3 Å². The van der Waals surface area contributed by atoms with Crippen molar-refractivity contribution in [2.75, 3.05) is 23.9 Å². The lowest BCUT2D eigenvalue weighted by Crippen LogP contribution is -2.16. The van der Waals surface area contributed by atoms with E-state index in [1.165, 1.54) is 6.26 Å². The molecule has 1 heterocycles. The number of carbonyl (C=O) groups excluding carboxylic acids is 1. The van der Waals surface area contributed by atoms with Gasteiger partial charge in [0.25, 0.3) is 0 Å². The molecule has 9 nitrogen and oxygen atoms in total. The fraction of sp³-hybridized carbons (Fsp3) is 0.375. The lowest BCUT2D eigenvalue weighted by atomic mass is 10.4. The van der Waals surface area contributed by atoms with E-state index in [1.807, 2.05) is 0 Å². The van der Waals surface area contributed by atoms with Gasteiger partial charge in [-0.1, -0.05) is 0 Å². The van der Waals surface area contributed by atoms with E-state index in [9.17, 15) is 13.9 Å². The number of hydrogen-bond donors (Lipinski definition) is 2. The van der Waals surface area contributed by atoms with Crippen LogP contribution in [0.15, 0.2) is 10.3 Å². The molecule has 98 valence electrons. The van der Waals surface area contributed by atoms with Gasteiger partial charge in [0.05, 0.1) is 17.4 Å². The minimum atomic E-state index is -1.52. The van der Waals surface area contributed by atoms with Gasteiger partial charge in [0.2, 0.25) is 5.16 Å². The fourth-order valence-corrected chi connectivity index (χ4v) is 1.47. The minimum absolute atomic E-state index is 0.119. The van der Waals surface area contributed by atoms with Gasteiger partial charge >= 0.3 is 6.09 Å². The summed E-state index contributed by atoms with van der Waals surface area (Å²) in [4.78, 5) is 29.2. The van der Waals surface area contributed by atoms with Crippen molar-refractivity contribution in [3.63, 3.8) is 0 Å². The summed E-state index contributed by atoms with van der Waals surface area (Å²) < 4.78 is 15.9. The van der Waals surface area contributed by atoms with Crippen LogP contribution in [0.3, 0.4) is 0 Å². The molecule has 0 bridgehead atoms. The van der Waals surface area contributed by atoms with E-state index >= 15 is 0 Å². The molecule has 0 aliphatic rings. The number of nitrogens with one attached hydrogen (secondary N) is 1. The van der Waals surface area contributed by atoms with E-state index in [4.69, 9.17) is 5.73 Å². The van der Waals surface area contributed by atoms with Crippen molar-refractivity contribution < 1.29 is 13.7 Å². The molecule has 10 heteroatoms. The van der Waals surface area contributed by atoms with Gasteiger partial charge in [-0.25, -0.2) is 14.8 Å². The quantitative estimate of drug-likeness (QED) is 0.610. The number of nitroso groups, excluding NO2 is 1. The van der Waals surface area contributed by atoms with Crippen LogP contribution in [-0.2, 0) is 15.5 Å². The standard InChI is InChI=1S/C8H11N5O4S/c1-3-17-8(14)12-6-4(13-15)5(9)10-7(11-6)18(2)16/h3H2,1-2H3,(H3,9,10,11,12,14). The monoisotopic (exact) mass is 273 g/mol. The normalized spacial score (nSPS) is 11.7. The van der Waals surface area contributed by atoms with Crippen LogP contribution in [0.2, 0.25) is 0 Å². The Labute approximate surface area is 105 Å². The van der Waals surface area contributed by atoms with Crippen LogP contribution in [0, 0.1) is 4.91 Å². The molecule has 1 rings (SSSR count). The zero-order valence-corrected chi connectivity index (χ0v) is 10.5. The molecule has 0 saturated heterocycles. The highest BCUT2D eigenvalue weighted by atomic mass is 32.2. The van der Waals surface area contributed by atoms with Gasteiger partial charge in [-0.05, 0) is 12.1 Å². The van der Waals surface area contributed by atoms with Crippen LogP contribution in [0.4, 0.5) is 22.1 Å². The molecule has 1 atom stereocenters. The Morgan fingerprint density at radius 3 is 2.72 bits per heavy atom. The highest BCUT2D eigenvalue weighted by molar-refractivity contribution is 7.84. The van der Waals surface area contributed by atoms with Crippen molar-refractivity contribution in [1.82, 2.24) is 9.97 Å². The first-order valence-corrected chi connectivity index (χ1v) is 6.33. The first-order valence-electron chi connectivity index (χ1n) is 4.77. The largest absolute Gasteiger partial charge is 0.450 e. The van der Waals surface area contributed by atoms with E-state index in [-0.39, 0.29) is 29.1 Å². The number of nitrogen functional groups attached to an aromatic ring is 1. The van der Waals surface area contributed by atoms with Gasteiger partial charge in [0, 0.05) is 6.26 Å². The number of anilines is 2. The van der Waals surface area contributed by atoms with E-state index in [0.717, 1.165) is 0 Å². The molecule has 1 amide bonds. The second-order valence-corrected chi connectivity index (χ2v) is 4.25. The molecule has 3 N–H and O–H groups in total. The average Bonchev–Trinajstić information content (AvgIpc) is 2.28. The van der Waals surface area contributed by atoms with Crippen molar-refractivity contribution in [2.45, 2.75) is 12.1 Å². The Hall–Kier alpha value is -2.10. The highest BCUT2D eigenvalue weighted by Gasteiger charge is 2.17. The Balaban J connectivity index is 3.18. The second kappa shape index (κ2) is 6.00. The van der Waals surface area contributed by atoms with E-state index in [0.29, 0.717) is 0 Å². The molecule has 1 aromatic heterocycles. The summed E-state index contributed by atoms with van der Waals surface area (Å²) in [6, 6.07) is 0. The molecule has 0 saturated carbocycles. The molecule has 0 fully saturated rings. The molecular formula is C8H11N5O4S. The lowest BCUT2D eigenvalue weighted by Gasteiger charge is -2.08. The Morgan fingerprint density at radius 1 is 1.56 bits per heavy atom. The zero-order valence-electron chi connectivity index (χ0n) is 9.67. The predicted octanol–water partition coefficient (Wildman–Crippen LogP) is 0.762. The van der Waals surface area contributed by atoms with Crippen LogP contribution in [0.25, 0.3) is 0 Å². The Bertz CT molecular complexity index is 507. The second-order valence-electron chi connectivity index (χ2n) is 2.98. The van der Waals surface area contributed by atoms with E-state index < -0.39 is 16.9 Å². The summed E-state index contributed by atoms with van der Waals surface area (Å²) in [6.07, 6.45) is 0.505. The molecule has 0 aromatic carbocycles. The van der Waals surface area contributed by atoms with Crippen LogP contribution in [0.1, 0.15) is 6.92 Å². The summed E-state index contributed by atoms with van der Waals surface area (Å²) >= 11 is 0. The lowest BCUT2D eigenvalue weighted by molar-refractivity contribution is 0.168. The third kappa shape index (κ3) is 3.20. The van der Waals surface area contributed by atoms with Gasteiger partial charge in [-0.3, -0.25) is 9.53 Å². The molecule has 0 aliphatic carbocycles. The van der Waals surface area contributed by atoms with Gasteiger partial charge in [-0.2, -0.15) is 0 Å². The number of nitrogens with zero attached hydrogens (tertiary/aromatic N) is 3. The van der Waals surface area contributed by atoms with Gasteiger partial charge < -0.3 is 10.5 Å². The minimum Gasteiger partial charge on any atom is -0.450 e. The van der Waals surface area contributed by atoms with Crippen molar-refractivity contribution in [1.29, 1.82) is 0 Å².